The van der Waals surface area contributed by atoms with Crippen LogP contribution in [0.1, 0.15) is 39.4 Å². The van der Waals surface area contributed by atoms with Gasteiger partial charge in [0.2, 0.25) is 0 Å². The Balaban J connectivity index is 2.36. The predicted molar refractivity (Wildman–Crippen MR) is 84.3 cm³/mol. The Hall–Kier alpha value is -1.36. The second-order valence-corrected chi connectivity index (χ2v) is 5.30. The quantitative estimate of drug-likeness (QED) is 0.645. The van der Waals surface area contributed by atoms with Gasteiger partial charge in [-0.05, 0) is 18.8 Å². The average molecular weight is 280 g/mol. The largest absolute Gasteiger partial charge is 0.381 e. The predicted octanol–water partition coefficient (Wildman–Crippen LogP) is 2.95. The molecule has 1 aromatic rings. The summed E-state index contributed by atoms with van der Waals surface area (Å²) >= 11 is 0. The number of aryl methyl sites for hydroxylation is 1. The molecule has 1 aromatic heterocycles. The summed E-state index contributed by atoms with van der Waals surface area (Å²) in [5.41, 5.74) is 0. The van der Waals surface area contributed by atoms with Crippen LogP contribution >= 0.6 is 0 Å². The van der Waals surface area contributed by atoms with Crippen molar-refractivity contribution in [2.24, 2.45) is 5.92 Å². The lowest BCUT2D eigenvalue weighted by Crippen LogP contribution is -2.11. The van der Waals surface area contributed by atoms with Crippen molar-refractivity contribution in [1.29, 1.82) is 0 Å². The molecule has 0 aliphatic heterocycles. The zero-order valence-corrected chi connectivity index (χ0v) is 13.2. The second-order valence-electron chi connectivity index (χ2n) is 5.30. The van der Waals surface area contributed by atoms with Crippen molar-refractivity contribution < 1.29 is 4.74 Å². The highest BCUT2D eigenvalue weighted by Gasteiger charge is 2.03. The summed E-state index contributed by atoms with van der Waals surface area (Å²) in [5.74, 6) is 3.23. The van der Waals surface area contributed by atoms with E-state index in [1.807, 2.05) is 13.1 Å². The van der Waals surface area contributed by atoms with Gasteiger partial charge in [0.1, 0.15) is 17.5 Å². The van der Waals surface area contributed by atoms with Crippen LogP contribution in [-0.4, -0.2) is 36.8 Å². The first kappa shape index (κ1) is 16.7. The maximum atomic E-state index is 5.56. The van der Waals surface area contributed by atoms with Gasteiger partial charge in [-0.15, -0.1) is 0 Å². The number of rotatable bonds is 10. The Morgan fingerprint density at radius 1 is 1.25 bits per heavy atom. The van der Waals surface area contributed by atoms with Crippen LogP contribution in [0.3, 0.4) is 0 Å². The number of nitrogens with zero attached hydrogens (tertiary/aromatic N) is 2. The zero-order valence-electron chi connectivity index (χ0n) is 13.2. The van der Waals surface area contributed by atoms with Gasteiger partial charge in [-0.1, -0.05) is 20.8 Å². The number of hydrogen-bond acceptors (Lipinski definition) is 5. The topological polar surface area (TPSA) is 59.1 Å². The van der Waals surface area contributed by atoms with Crippen LogP contribution in [0.15, 0.2) is 6.07 Å². The van der Waals surface area contributed by atoms with Crippen molar-refractivity contribution in [2.75, 3.05) is 37.4 Å². The van der Waals surface area contributed by atoms with Gasteiger partial charge in [-0.3, -0.25) is 0 Å². The maximum absolute atomic E-state index is 5.56. The Labute approximate surface area is 122 Å². The van der Waals surface area contributed by atoms with Crippen molar-refractivity contribution in [1.82, 2.24) is 9.97 Å². The molecule has 1 heterocycles. The van der Waals surface area contributed by atoms with E-state index in [0.29, 0.717) is 5.92 Å². The van der Waals surface area contributed by atoms with E-state index in [1.165, 1.54) is 0 Å². The lowest BCUT2D eigenvalue weighted by molar-refractivity contribution is 0.110. The third-order valence-electron chi connectivity index (χ3n) is 2.72. The average Bonchev–Trinajstić information content (AvgIpc) is 2.42. The number of ether oxygens (including phenoxy) is 1. The molecule has 0 aromatic carbocycles. The highest BCUT2D eigenvalue weighted by molar-refractivity contribution is 5.47. The van der Waals surface area contributed by atoms with Crippen LogP contribution in [-0.2, 0) is 11.2 Å². The van der Waals surface area contributed by atoms with E-state index in [1.54, 1.807) is 0 Å². The Kier molecular flexibility index (Phi) is 7.95. The molecular formula is C15H28N4O. The summed E-state index contributed by atoms with van der Waals surface area (Å²) in [5, 5.41) is 6.41. The second kappa shape index (κ2) is 9.53. The smallest absolute Gasteiger partial charge is 0.133 e. The molecule has 114 valence electrons. The van der Waals surface area contributed by atoms with E-state index in [0.717, 1.165) is 56.5 Å². The van der Waals surface area contributed by atoms with Gasteiger partial charge in [0, 0.05) is 39.3 Å². The molecule has 0 saturated heterocycles. The molecule has 20 heavy (non-hydrogen) atoms. The number of aromatic nitrogens is 2. The number of nitrogens with one attached hydrogen (secondary N) is 2. The SMILES string of the molecule is CCCc1nc(NC)cc(NCCCOCC(C)C)n1. The van der Waals surface area contributed by atoms with E-state index in [9.17, 15) is 0 Å². The maximum Gasteiger partial charge on any atom is 0.133 e. The van der Waals surface area contributed by atoms with Crippen molar-refractivity contribution in [3.05, 3.63) is 11.9 Å². The molecule has 0 fully saturated rings. The summed E-state index contributed by atoms with van der Waals surface area (Å²) in [7, 11) is 1.88. The fourth-order valence-electron chi connectivity index (χ4n) is 1.76. The molecule has 0 aliphatic carbocycles. The first-order valence-electron chi connectivity index (χ1n) is 7.53. The third-order valence-corrected chi connectivity index (χ3v) is 2.72. The van der Waals surface area contributed by atoms with Crippen LogP contribution in [0.2, 0.25) is 0 Å². The Bertz CT molecular complexity index is 382. The van der Waals surface area contributed by atoms with Gasteiger partial charge >= 0.3 is 0 Å². The molecule has 0 spiro atoms. The number of anilines is 2. The number of hydrogen-bond donors (Lipinski definition) is 2. The Morgan fingerprint density at radius 3 is 2.65 bits per heavy atom. The molecule has 5 heteroatoms. The Morgan fingerprint density at radius 2 is 2.00 bits per heavy atom. The van der Waals surface area contributed by atoms with E-state index >= 15 is 0 Å². The van der Waals surface area contributed by atoms with Crippen molar-refractivity contribution in [3.63, 3.8) is 0 Å². The van der Waals surface area contributed by atoms with Crippen LogP contribution < -0.4 is 10.6 Å². The van der Waals surface area contributed by atoms with E-state index in [2.05, 4.69) is 41.4 Å². The first-order valence-corrected chi connectivity index (χ1v) is 7.53. The van der Waals surface area contributed by atoms with Crippen molar-refractivity contribution in [2.45, 2.75) is 40.0 Å². The summed E-state index contributed by atoms with van der Waals surface area (Å²) in [4.78, 5) is 8.95. The molecule has 0 atom stereocenters. The normalized spacial score (nSPS) is 10.8. The standard InChI is InChI=1S/C15H28N4O/c1-5-7-13-18-14(16-4)10-15(19-13)17-8-6-9-20-11-12(2)3/h10,12H,5-9,11H2,1-4H3,(H2,16,17,18,19). The molecule has 1 rings (SSSR count). The van der Waals surface area contributed by atoms with Crippen molar-refractivity contribution in [3.8, 4) is 0 Å². The highest BCUT2D eigenvalue weighted by Crippen LogP contribution is 2.12. The van der Waals surface area contributed by atoms with Gasteiger partial charge in [-0.25, -0.2) is 9.97 Å². The molecule has 0 radical (unpaired) electrons. The molecule has 2 N–H and O–H groups in total. The lowest BCUT2D eigenvalue weighted by atomic mass is 10.2. The summed E-state index contributed by atoms with van der Waals surface area (Å²) in [6.07, 6.45) is 2.94. The van der Waals surface area contributed by atoms with Crippen molar-refractivity contribution >= 4 is 11.6 Å². The van der Waals surface area contributed by atoms with Gasteiger partial charge in [-0.2, -0.15) is 0 Å². The minimum atomic E-state index is 0.597. The van der Waals surface area contributed by atoms with E-state index in [4.69, 9.17) is 4.74 Å². The summed E-state index contributed by atoms with van der Waals surface area (Å²) in [6.45, 7) is 8.94. The van der Waals surface area contributed by atoms with Crippen LogP contribution in [0.25, 0.3) is 0 Å². The minimum absolute atomic E-state index is 0.597. The fourth-order valence-corrected chi connectivity index (χ4v) is 1.76. The van der Waals surface area contributed by atoms with Gasteiger partial charge in [0.05, 0.1) is 0 Å². The van der Waals surface area contributed by atoms with Crippen LogP contribution in [0, 0.1) is 5.92 Å². The molecule has 0 aliphatic rings. The van der Waals surface area contributed by atoms with Gasteiger partial charge < -0.3 is 15.4 Å². The van der Waals surface area contributed by atoms with Crippen LogP contribution in [0.5, 0.6) is 0 Å². The first-order chi connectivity index (χ1) is 9.65. The minimum Gasteiger partial charge on any atom is -0.381 e. The van der Waals surface area contributed by atoms with Crippen LogP contribution in [0.4, 0.5) is 11.6 Å². The van der Waals surface area contributed by atoms with Gasteiger partial charge in [0.25, 0.3) is 0 Å². The monoisotopic (exact) mass is 280 g/mol. The van der Waals surface area contributed by atoms with Gasteiger partial charge in [0.15, 0.2) is 0 Å². The molecule has 0 unspecified atom stereocenters. The van der Waals surface area contributed by atoms with E-state index in [-0.39, 0.29) is 0 Å². The molecular weight excluding hydrogens is 252 g/mol. The molecule has 0 amide bonds. The lowest BCUT2D eigenvalue weighted by Gasteiger charge is -2.10. The molecule has 0 bridgehead atoms. The fraction of sp³-hybridized carbons (Fsp3) is 0.733. The van der Waals surface area contributed by atoms with E-state index < -0.39 is 0 Å². The molecule has 5 nitrogen and oxygen atoms in total. The summed E-state index contributed by atoms with van der Waals surface area (Å²) < 4.78 is 5.56. The third kappa shape index (κ3) is 6.70. The molecule has 0 saturated carbocycles. The summed E-state index contributed by atoms with van der Waals surface area (Å²) in [6, 6.07) is 1.94. The zero-order chi connectivity index (χ0) is 14.8. The highest BCUT2D eigenvalue weighted by atomic mass is 16.5.